The average molecular weight is 238 g/mol. The Morgan fingerprint density at radius 1 is 1.06 bits per heavy atom. The number of rotatable bonds is 4. The van der Waals surface area contributed by atoms with Crippen molar-refractivity contribution in [1.29, 1.82) is 0 Å². The number of fused-ring (bicyclic) bond motifs is 2. The zero-order valence-corrected chi connectivity index (χ0v) is 10.8. The fraction of sp³-hybridized carbons (Fsp3) is 1.00. The van der Waals surface area contributed by atoms with Gasteiger partial charge in [0, 0.05) is 19.2 Å². The van der Waals surface area contributed by atoms with Crippen molar-refractivity contribution in [2.75, 3.05) is 32.8 Å². The monoisotopic (exact) mass is 238 g/mol. The van der Waals surface area contributed by atoms with Crippen LogP contribution >= 0.6 is 0 Å². The number of aliphatic hydroxyl groups is 1. The summed E-state index contributed by atoms with van der Waals surface area (Å²) in [7, 11) is 0. The van der Waals surface area contributed by atoms with Crippen molar-refractivity contribution in [3.8, 4) is 0 Å². The van der Waals surface area contributed by atoms with Gasteiger partial charge in [0.2, 0.25) is 0 Å². The predicted molar refractivity (Wildman–Crippen MR) is 68.9 cm³/mol. The minimum Gasteiger partial charge on any atom is -0.396 e. The van der Waals surface area contributed by atoms with Crippen LogP contribution in [0.25, 0.3) is 0 Å². The maximum atomic E-state index is 9.34. The van der Waals surface area contributed by atoms with Crippen molar-refractivity contribution in [1.82, 2.24) is 10.2 Å². The Morgan fingerprint density at radius 2 is 1.88 bits per heavy atom. The van der Waals surface area contributed by atoms with Gasteiger partial charge < -0.3 is 15.3 Å². The second kappa shape index (κ2) is 5.25. The average Bonchev–Trinajstić information content (AvgIpc) is 2.96. The van der Waals surface area contributed by atoms with Crippen molar-refractivity contribution in [2.24, 2.45) is 17.8 Å². The lowest BCUT2D eigenvalue weighted by Gasteiger charge is -2.32. The molecule has 2 bridgehead atoms. The molecule has 0 spiro atoms. The van der Waals surface area contributed by atoms with Crippen LogP contribution in [0.4, 0.5) is 0 Å². The number of aliphatic hydroxyl groups excluding tert-OH is 1. The lowest BCUT2D eigenvalue weighted by atomic mass is 9.92. The van der Waals surface area contributed by atoms with Crippen LogP contribution in [-0.4, -0.2) is 48.8 Å². The van der Waals surface area contributed by atoms with Crippen LogP contribution in [0, 0.1) is 17.8 Å². The van der Waals surface area contributed by atoms with E-state index in [1.54, 1.807) is 0 Å². The van der Waals surface area contributed by atoms with E-state index in [2.05, 4.69) is 10.2 Å². The van der Waals surface area contributed by atoms with Crippen LogP contribution in [0.3, 0.4) is 0 Å². The number of nitrogens with zero attached hydrogens (tertiary/aromatic N) is 1. The molecule has 3 heteroatoms. The van der Waals surface area contributed by atoms with Crippen molar-refractivity contribution in [2.45, 2.75) is 38.1 Å². The lowest BCUT2D eigenvalue weighted by molar-refractivity contribution is 0.176. The molecule has 3 aliphatic rings. The number of piperidine rings is 1. The maximum Gasteiger partial charge on any atom is 0.0462 e. The molecule has 0 aromatic carbocycles. The molecule has 2 saturated heterocycles. The third-order valence-corrected chi connectivity index (χ3v) is 5.33. The first kappa shape index (κ1) is 11.9. The van der Waals surface area contributed by atoms with Gasteiger partial charge in [0.05, 0.1) is 0 Å². The Balaban J connectivity index is 1.47. The molecule has 2 aliphatic heterocycles. The highest BCUT2D eigenvalue weighted by molar-refractivity contribution is 4.91. The Bertz CT molecular complexity index is 259. The molecule has 3 rings (SSSR count). The molecule has 1 saturated carbocycles. The van der Waals surface area contributed by atoms with E-state index in [4.69, 9.17) is 0 Å². The van der Waals surface area contributed by atoms with E-state index in [1.807, 2.05) is 0 Å². The highest BCUT2D eigenvalue weighted by Crippen LogP contribution is 2.32. The van der Waals surface area contributed by atoms with Crippen LogP contribution < -0.4 is 5.32 Å². The summed E-state index contributed by atoms with van der Waals surface area (Å²) < 4.78 is 0. The van der Waals surface area contributed by atoms with Gasteiger partial charge >= 0.3 is 0 Å². The molecular formula is C14H26N2O. The Hall–Kier alpha value is -0.120. The highest BCUT2D eigenvalue weighted by atomic mass is 16.3. The molecule has 0 radical (unpaired) electrons. The quantitative estimate of drug-likeness (QED) is 0.769. The number of hydrogen-bond acceptors (Lipinski definition) is 3. The van der Waals surface area contributed by atoms with E-state index in [0.717, 1.165) is 24.4 Å². The van der Waals surface area contributed by atoms with Gasteiger partial charge in [0.1, 0.15) is 0 Å². The third-order valence-electron chi connectivity index (χ3n) is 5.33. The fourth-order valence-electron chi connectivity index (χ4n) is 4.15. The first-order chi connectivity index (χ1) is 8.36. The smallest absolute Gasteiger partial charge is 0.0462 e. The van der Waals surface area contributed by atoms with Gasteiger partial charge in [-0.2, -0.15) is 0 Å². The molecule has 5 unspecified atom stereocenters. The van der Waals surface area contributed by atoms with Crippen molar-refractivity contribution >= 4 is 0 Å². The highest BCUT2D eigenvalue weighted by Gasteiger charge is 2.35. The molecule has 3 nitrogen and oxygen atoms in total. The van der Waals surface area contributed by atoms with Gasteiger partial charge in [-0.1, -0.05) is 6.42 Å². The van der Waals surface area contributed by atoms with Gasteiger partial charge in [-0.15, -0.1) is 0 Å². The number of hydrogen-bond donors (Lipinski definition) is 2. The summed E-state index contributed by atoms with van der Waals surface area (Å²) in [5.74, 6) is 2.21. The van der Waals surface area contributed by atoms with E-state index >= 15 is 0 Å². The third kappa shape index (κ3) is 2.51. The maximum absolute atomic E-state index is 9.34. The lowest BCUT2D eigenvalue weighted by Crippen LogP contribution is -2.45. The predicted octanol–water partition coefficient (Wildman–Crippen LogP) is 1.08. The topological polar surface area (TPSA) is 35.5 Å². The van der Waals surface area contributed by atoms with E-state index in [1.165, 1.54) is 51.7 Å². The summed E-state index contributed by atoms with van der Waals surface area (Å²) in [6.45, 7) is 5.49. The van der Waals surface area contributed by atoms with E-state index < -0.39 is 0 Å². The molecule has 0 amide bonds. The molecule has 0 aromatic rings. The van der Waals surface area contributed by atoms with E-state index in [0.29, 0.717) is 12.5 Å². The first-order valence-corrected chi connectivity index (χ1v) is 7.43. The van der Waals surface area contributed by atoms with Gasteiger partial charge in [-0.05, 0) is 63.1 Å². The SMILES string of the molecule is OCC1CCCC1CNC1CCN2CCC1C2. The molecule has 0 aromatic heterocycles. The summed E-state index contributed by atoms with van der Waals surface area (Å²) >= 11 is 0. The van der Waals surface area contributed by atoms with E-state index in [9.17, 15) is 5.11 Å². The minimum absolute atomic E-state index is 0.397. The minimum atomic E-state index is 0.397. The zero-order valence-electron chi connectivity index (χ0n) is 10.8. The summed E-state index contributed by atoms with van der Waals surface area (Å²) in [6.07, 6.45) is 6.61. The molecule has 2 heterocycles. The molecule has 17 heavy (non-hydrogen) atoms. The Kier molecular flexibility index (Phi) is 3.69. The van der Waals surface area contributed by atoms with Crippen molar-refractivity contribution in [3.63, 3.8) is 0 Å². The van der Waals surface area contributed by atoms with Crippen molar-refractivity contribution in [3.05, 3.63) is 0 Å². The normalized spacial score (nSPS) is 45.4. The largest absolute Gasteiger partial charge is 0.396 e. The molecule has 3 fully saturated rings. The standard InChI is InChI=1S/C14H26N2O/c17-10-13-3-1-2-11(13)8-15-14-5-7-16-6-4-12(14)9-16/h11-15,17H,1-10H2. The van der Waals surface area contributed by atoms with Crippen LogP contribution in [0.5, 0.6) is 0 Å². The molecule has 98 valence electrons. The van der Waals surface area contributed by atoms with Crippen LogP contribution in [-0.2, 0) is 0 Å². The van der Waals surface area contributed by atoms with Gasteiger partial charge in [-0.25, -0.2) is 0 Å². The second-order valence-corrected chi connectivity index (χ2v) is 6.29. The van der Waals surface area contributed by atoms with Crippen LogP contribution in [0.15, 0.2) is 0 Å². The summed E-state index contributed by atoms with van der Waals surface area (Å²) in [5, 5.41) is 13.2. The molecule has 2 N–H and O–H groups in total. The molecular weight excluding hydrogens is 212 g/mol. The Morgan fingerprint density at radius 3 is 2.76 bits per heavy atom. The van der Waals surface area contributed by atoms with Crippen molar-refractivity contribution < 1.29 is 5.11 Å². The zero-order chi connectivity index (χ0) is 11.7. The Labute approximate surface area is 105 Å². The number of nitrogens with one attached hydrogen (secondary N) is 1. The molecule has 1 aliphatic carbocycles. The van der Waals surface area contributed by atoms with Gasteiger partial charge in [0.15, 0.2) is 0 Å². The van der Waals surface area contributed by atoms with Crippen LogP contribution in [0.1, 0.15) is 32.1 Å². The van der Waals surface area contributed by atoms with E-state index in [-0.39, 0.29) is 0 Å². The summed E-state index contributed by atoms with van der Waals surface area (Å²) in [5.41, 5.74) is 0. The second-order valence-electron chi connectivity index (χ2n) is 6.29. The van der Waals surface area contributed by atoms with Crippen LogP contribution in [0.2, 0.25) is 0 Å². The summed E-state index contributed by atoms with van der Waals surface area (Å²) in [6, 6.07) is 0.758. The first-order valence-electron chi connectivity index (χ1n) is 7.43. The molecule has 5 atom stereocenters. The fourth-order valence-corrected chi connectivity index (χ4v) is 4.15. The summed E-state index contributed by atoms with van der Waals surface area (Å²) in [4.78, 5) is 2.61. The van der Waals surface area contributed by atoms with Gasteiger partial charge in [0.25, 0.3) is 0 Å². The van der Waals surface area contributed by atoms with Gasteiger partial charge in [-0.3, -0.25) is 0 Å².